The van der Waals surface area contributed by atoms with Crippen LogP contribution in [-0.4, -0.2) is 198 Å². The van der Waals surface area contributed by atoms with E-state index >= 15 is 0 Å². The number of rotatable bonds is 18. The molecule has 4 saturated heterocycles. The van der Waals surface area contributed by atoms with Gasteiger partial charge in [-0.2, -0.15) is 0 Å². The lowest BCUT2D eigenvalue weighted by atomic mass is 10.1. The van der Waals surface area contributed by atoms with Crippen molar-refractivity contribution < 1.29 is 23.9 Å². The van der Waals surface area contributed by atoms with Crippen molar-refractivity contribution in [3.63, 3.8) is 0 Å². The maximum atomic E-state index is 12.8. The van der Waals surface area contributed by atoms with Gasteiger partial charge in [-0.3, -0.25) is 14.4 Å². The number of amidine groups is 4. The van der Waals surface area contributed by atoms with E-state index < -0.39 is 0 Å². The van der Waals surface area contributed by atoms with Crippen LogP contribution in [0, 0.1) is 0 Å². The van der Waals surface area contributed by atoms with E-state index in [9.17, 15) is 19.2 Å². The van der Waals surface area contributed by atoms with Crippen LogP contribution in [0.4, 0.5) is 73.0 Å². The largest absolute Gasteiger partial charge is 0.453 e. The molecule has 0 unspecified atom stereocenters. The Morgan fingerprint density at radius 2 is 0.538 bits per heavy atom. The van der Waals surface area contributed by atoms with E-state index in [1.165, 1.54) is 77.7 Å². The molecule has 119 heavy (non-hydrogen) atoms. The predicted octanol–water partition coefficient (Wildman–Crippen LogP) is 21.8. The molecule has 25 heteroatoms. The summed E-state index contributed by atoms with van der Waals surface area (Å²) in [5, 5.41) is 16.6. The summed E-state index contributed by atoms with van der Waals surface area (Å²) in [6.45, 7) is 18.2. The molecule has 0 aromatic heterocycles. The fraction of sp³-hybridized carbons (Fsp3) is 0.404. The summed E-state index contributed by atoms with van der Waals surface area (Å²) < 4.78 is 4.82. The van der Waals surface area contributed by atoms with Gasteiger partial charge in [-0.1, -0.05) is 193 Å². The number of piperazine rings is 4. The van der Waals surface area contributed by atoms with Crippen LogP contribution in [0.3, 0.4) is 0 Å². The van der Waals surface area contributed by atoms with E-state index in [0.29, 0.717) is 71.4 Å². The molecule has 8 aromatic carbocycles. The smallest absolute Gasteiger partial charge is 0.409 e. The molecular weight excluding hydrogens is 1570 g/mol. The van der Waals surface area contributed by atoms with Crippen molar-refractivity contribution in [2.45, 2.75) is 136 Å². The normalized spacial score (nSPS) is 15.6. The monoisotopic (exact) mass is 1680 g/mol. The molecule has 8 aromatic rings. The third-order valence-electron chi connectivity index (χ3n) is 22.8. The van der Waals surface area contributed by atoms with Crippen molar-refractivity contribution in [1.82, 2.24) is 39.2 Å². The predicted molar refractivity (Wildman–Crippen MR) is 490 cm³/mol. The first-order valence-electron chi connectivity index (χ1n) is 42.8. The van der Waals surface area contributed by atoms with Gasteiger partial charge in [0.25, 0.3) is 0 Å². The molecular formula is C94H112Cl4N16O5. The van der Waals surface area contributed by atoms with Crippen molar-refractivity contribution in [1.29, 1.82) is 0 Å². The van der Waals surface area contributed by atoms with Gasteiger partial charge in [0, 0.05) is 189 Å². The number of hydrogen-bond acceptors (Lipinski definition) is 17. The van der Waals surface area contributed by atoms with E-state index in [1.54, 1.807) is 4.90 Å². The van der Waals surface area contributed by atoms with Crippen LogP contribution >= 0.6 is 46.4 Å². The number of para-hydroxylation sites is 4. The highest BCUT2D eigenvalue weighted by atomic mass is 35.5. The molecule has 8 heterocycles. The Morgan fingerprint density at radius 3 is 0.798 bits per heavy atom. The lowest BCUT2D eigenvalue weighted by molar-refractivity contribution is -0.133. The van der Waals surface area contributed by atoms with Gasteiger partial charge in [0.1, 0.15) is 23.3 Å². The minimum atomic E-state index is -0.286. The summed E-state index contributed by atoms with van der Waals surface area (Å²) in [7, 11) is 1.41. The Balaban J connectivity index is 0.000000138. The molecule has 0 atom stereocenters. The number of carbonyl (C=O) groups excluding carboxylic acids is 4. The van der Waals surface area contributed by atoms with Gasteiger partial charge in [0.15, 0.2) is 0 Å². The molecule has 0 aliphatic carbocycles. The molecule has 0 radical (unpaired) electrons. The highest BCUT2D eigenvalue weighted by Gasteiger charge is 2.33. The number of nitrogens with one attached hydrogen (secondary N) is 4. The number of nitrogens with zero attached hydrogens (tertiary/aromatic N) is 12. The molecule has 4 fully saturated rings. The number of hydrogen-bond donors (Lipinski definition) is 4. The minimum Gasteiger partial charge on any atom is -0.453 e. The molecule has 626 valence electrons. The third kappa shape index (κ3) is 23.0. The van der Waals surface area contributed by atoms with E-state index in [2.05, 4.69) is 97.2 Å². The number of methoxy groups -OCH3 is 1. The van der Waals surface area contributed by atoms with E-state index in [0.717, 1.165) is 218 Å². The quantitative estimate of drug-likeness (QED) is 0.0592. The molecule has 8 aliphatic heterocycles. The summed E-state index contributed by atoms with van der Waals surface area (Å²) in [4.78, 5) is 86.1. The summed E-state index contributed by atoms with van der Waals surface area (Å²) in [5.74, 6) is 4.54. The van der Waals surface area contributed by atoms with Crippen LogP contribution in [0.1, 0.15) is 159 Å². The number of aliphatic imine (C=N–C) groups is 4. The second-order valence-corrected chi connectivity index (χ2v) is 32.9. The Morgan fingerprint density at radius 1 is 0.294 bits per heavy atom. The van der Waals surface area contributed by atoms with Gasteiger partial charge in [-0.05, 0) is 141 Å². The Labute approximate surface area is 721 Å². The maximum absolute atomic E-state index is 12.8. The average molecular weight is 1690 g/mol. The number of benzene rings is 8. The topological polar surface area (TPSA) is 201 Å². The van der Waals surface area contributed by atoms with Crippen LogP contribution in [0.25, 0.3) is 0 Å². The highest BCUT2D eigenvalue weighted by molar-refractivity contribution is 6.32. The van der Waals surface area contributed by atoms with Gasteiger partial charge >= 0.3 is 6.09 Å². The zero-order valence-electron chi connectivity index (χ0n) is 69.1. The number of amides is 4. The number of fused-ring (bicyclic) bond motifs is 8. The minimum absolute atomic E-state index is 0.249. The average Bonchev–Trinajstić information content (AvgIpc) is 1.68. The number of ether oxygens (including phenoxy) is 1. The molecule has 4 amide bonds. The van der Waals surface area contributed by atoms with E-state index in [4.69, 9.17) is 71.1 Å². The van der Waals surface area contributed by atoms with Gasteiger partial charge in [0.05, 0.1) is 52.6 Å². The SMILES string of the molecule is CCCC(=O)N1CCN(C2=Nc3cc(Cl)ccc3Nc3ccccc32)CC1.CCCCCCCC(=O)N1CCN(C2=Nc3cc(Cl)ccc3Nc3ccccc32)CC1.CCCCCCCCCCCC(=O)N1CCN(C2=Nc3cc(Cl)ccc3Nc3ccccc32)CC1.COC(=O)N1CCN(C2=Nc3cc(Cl)ccc3Nc3ccccc32)CC1. The summed E-state index contributed by atoms with van der Waals surface area (Å²) >= 11 is 24.9. The van der Waals surface area contributed by atoms with Crippen LogP contribution < -0.4 is 21.3 Å². The standard InChI is InChI=1S/C29H39ClN4O.C25H31ClN4O.C21H23ClN4O.C19H19ClN4O2/c1-2-3-4-5-6-7-8-9-10-15-28(35)33-18-20-34(21-19-33)29-24-13-11-12-14-25(24)31-26-17-16-23(30)22-27(26)32-29;1-2-3-4-5-6-11-24(31)29-14-16-30(17-15-29)25-20-9-7-8-10-21(20)27-22-13-12-19(26)18-23(22)28-25;1-2-5-20(27)25-10-12-26(13-11-25)21-16-6-3-4-7-17(16)23-18-9-8-15(22)14-19(18)24-21;1-26-19(25)24-10-8-23(9-11-24)18-14-4-2-3-5-15(14)21-16-7-6-13(20)12-17(16)22-18/h11-14,16-17,22,31H,2-10,15,18-21H2,1H3;7-10,12-13,18,27H,2-6,11,14-17H2,1H3;3-4,6-9,14,23H,2,5,10-13H2,1H3;2-7,12,21H,8-11H2,1H3. The fourth-order valence-electron chi connectivity index (χ4n) is 16.1. The number of halogens is 4. The lowest BCUT2D eigenvalue weighted by Crippen LogP contribution is -2.50. The maximum Gasteiger partial charge on any atom is 0.409 e. The zero-order valence-corrected chi connectivity index (χ0v) is 72.2. The van der Waals surface area contributed by atoms with Crippen molar-refractivity contribution in [2.75, 3.05) is 133 Å². The summed E-state index contributed by atoms with van der Waals surface area (Å²) in [6.07, 6.45) is 19.9. The van der Waals surface area contributed by atoms with Crippen LogP contribution in [0.15, 0.2) is 190 Å². The lowest BCUT2D eigenvalue weighted by Gasteiger charge is -2.36. The van der Waals surface area contributed by atoms with Crippen molar-refractivity contribution in [3.05, 3.63) is 212 Å². The van der Waals surface area contributed by atoms with Crippen molar-refractivity contribution in [3.8, 4) is 0 Å². The molecule has 16 rings (SSSR count). The first-order valence-corrected chi connectivity index (χ1v) is 44.3. The summed E-state index contributed by atoms with van der Waals surface area (Å²) in [6, 6.07) is 55.7. The van der Waals surface area contributed by atoms with Gasteiger partial charge in [-0.15, -0.1) is 0 Å². The molecule has 4 N–H and O–H groups in total. The van der Waals surface area contributed by atoms with E-state index in [-0.39, 0.29) is 17.9 Å². The third-order valence-corrected chi connectivity index (χ3v) is 23.7. The van der Waals surface area contributed by atoms with Crippen molar-refractivity contribution >= 4 is 162 Å². The van der Waals surface area contributed by atoms with Crippen molar-refractivity contribution in [2.24, 2.45) is 20.0 Å². The van der Waals surface area contributed by atoms with Gasteiger partial charge < -0.3 is 65.2 Å². The Hall–Kier alpha value is -10.3. The van der Waals surface area contributed by atoms with Crippen LogP contribution in [0.2, 0.25) is 20.1 Å². The molecule has 0 bridgehead atoms. The first-order chi connectivity index (χ1) is 58.1. The van der Waals surface area contributed by atoms with E-state index in [1.807, 2.05) is 149 Å². The number of unbranched alkanes of at least 4 members (excludes halogenated alkanes) is 12. The first kappa shape index (κ1) is 86.5. The van der Waals surface area contributed by atoms with Crippen LogP contribution in [-0.2, 0) is 19.1 Å². The second kappa shape index (κ2) is 43.1. The Bertz CT molecular complexity index is 4950. The zero-order chi connectivity index (χ0) is 83.0. The molecule has 8 aliphatic rings. The van der Waals surface area contributed by atoms with Gasteiger partial charge in [-0.25, -0.2) is 24.8 Å². The van der Waals surface area contributed by atoms with Gasteiger partial charge in [0.2, 0.25) is 17.7 Å². The van der Waals surface area contributed by atoms with Crippen LogP contribution in [0.5, 0.6) is 0 Å². The molecule has 0 saturated carbocycles. The highest BCUT2D eigenvalue weighted by Crippen LogP contribution is 2.42. The summed E-state index contributed by atoms with van der Waals surface area (Å²) in [5.41, 5.74) is 15.4. The molecule has 21 nitrogen and oxygen atoms in total. The number of carbonyl (C=O) groups is 4. The number of anilines is 8. The second-order valence-electron chi connectivity index (χ2n) is 31.1. The fourth-order valence-corrected chi connectivity index (χ4v) is 16.8. The Kier molecular flexibility index (Phi) is 31.3. The molecule has 0 spiro atoms.